The molecule has 23 heavy (non-hydrogen) atoms. The molecule has 1 amide bonds. The first-order valence-electron chi connectivity index (χ1n) is 8.05. The van der Waals surface area contributed by atoms with Crippen LogP contribution in [0.3, 0.4) is 0 Å². The van der Waals surface area contributed by atoms with Crippen LogP contribution >= 0.6 is 0 Å². The molecule has 3 N–H and O–H groups in total. The Morgan fingerprint density at radius 2 is 2.00 bits per heavy atom. The van der Waals surface area contributed by atoms with Crippen molar-refractivity contribution in [2.75, 3.05) is 18.4 Å². The Labute approximate surface area is 135 Å². The van der Waals surface area contributed by atoms with Crippen molar-refractivity contribution in [3.8, 4) is 0 Å². The highest BCUT2D eigenvalue weighted by Gasteiger charge is 2.25. The van der Waals surface area contributed by atoms with Gasteiger partial charge < -0.3 is 11.1 Å². The summed E-state index contributed by atoms with van der Waals surface area (Å²) < 4.78 is 0. The fraction of sp³-hybridized carbons (Fsp3) is 0.389. The first kappa shape index (κ1) is 15.6. The van der Waals surface area contributed by atoms with Gasteiger partial charge in [-0.2, -0.15) is 0 Å². The highest BCUT2D eigenvalue weighted by atomic mass is 16.1. The monoisotopic (exact) mass is 311 g/mol. The fourth-order valence-corrected chi connectivity index (χ4v) is 3.22. The topological polar surface area (TPSA) is 84.6 Å². The van der Waals surface area contributed by atoms with Gasteiger partial charge >= 0.3 is 0 Å². The Morgan fingerprint density at radius 1 is 1.22 bits per heavy atom. The van der Waals surface area contributed by atoms with E-state index in [0.717, 1.165) is 53.8 Å². The Balaban J connectivity index is 1.79. The van der Waals surface area contributed by atoms with Crippen LogP contribution in [0.4, 0.5) is 5.69 Å². The fourth-order valence-electron chi connectivity index (χ4n) is 3.22. The normalized spacial score (nSPS) is 17.6. The second-order valence-corrected chi connectivity index (χ2v) is 5.98. The predicted molar refractivity (Wildman–Crippen MR) is 90.6 cm³/mol. The number of allylic oxidation sites excluding steroid dienone is 1. The highest BCUT2D eigenvalue weighted by Crippen LogP contribution is 2.30. The van der Waals surface area contributed by atoms with Crippen molar-refractivity contribution in [1.29, 1.82) is 0 Å². The molecule has 0 fully saturated rings. The smallest absolute Gasteiger partial charge is 0.238 e. The molecule has 0 radical (unpaired) electrons. The van der Waals surface area contributed by atoms with E-state index in [-0.39, 0.29) is 24.8 Å². The number of nitrogens with one attached hydrogen (secondary N) is 1. The van der Waals surface area contributed by atoms with E-state index in [9.17, 15) is 9.59 Å². The van der Waals surface area contributed by atoms with Gasteiger partial charge in [-0.05, 0) is 49.0 Å². The quantitative estimate of drug-likeness (QED) is 0.892. The van der Waals surface area contributed by atoms with Crippen molar-refractivity contribution in [1.82, 2.24) is 0 Å². The molecule has 3 rings (SSSR count). The van der Waals surface area contributed by atoms with Crippen molar-refractivity contribution in [2.24, 2.45) is 10.7 Å². The largest absolute Gasteiger partial charge is 0.325 e. The van der Waals surface area contributed by atoms with Crippen LogP contribution in [-0.2, 0) is 16.0 Å². The third-order valence-electron chi connectivity index (χ3n) is 4.33. The average molecular weight is 311 g/mol. The van der Waals surface area contributed by atoms with Crippen molar-refractivity contribution in [3.05, 3.63) is 41.0 Å². The van der Waals surface area contributed by atoms with Crippen LogP contribution in [-0.4, -0.2) is 30.5 Å². The lowest BCUT2D eigenvalue weighted by Crippen LogP contribution is -2.24. The summed E-state index contributed by atoms with van der Waals surface area (Å²) in [5, 5.41) is 2.76. The summed E-state index contributed by atoms with van der Waals surface area (Å²) in [6.07, 6.45) is 4.75. The van der Waals surface area contributed by atoms with E-state index in [4.69, 9.17) is 5.73 Å². The van der Waals surface area contributed by atoms with E-state index < -0.39 is 0 Å². The second-order valence-electron chi connectivity index (χ2n) is 5.98. The number of rotatable bonds is 4. The van der Waals surface area contributed by atoms with E-state index >= 15 is 0 Å². The Bertz CT molecular complexity index is 704. The molecule has 5 heteroatoms. The number of Topliss-reactive ketones (excluding diaryl/α,β-unsaturated/α-hetero) is 1. The zero-order valence-electron chi connectivity index (χ0n) is 13.1. The molecule has 1 aliphatic carbocycles. The Morgan fingerprint density at radius 3 is 2.78 bits per heavy atom. The number of anilines is 1. The van der Waals surface area contributed by atoms with E-state index in [2.05, 4.69) is 10.3 Å². The molecule has 0 saturated heterocycles. The average Bonchev–Trinajstić information content (AvgIpc) is 2.58. The van der Waals surface area contributed by atoms with Gasteiger partial charge in [-0.1, -0.05) is 12.1 Å². The van der Waals surface area contributed by atoms with E-state index in [1.807, 2.05) is 24.3 Å². The molecule has 0 spiro atoms. The number of aliphatic imine (C=N–C) groups is 1. The van der Waals surface area contributed by atoms with Gasteiger partial charge in [0.2, 0.25) is 5.91 Å². The molecular formula is C18H21N3O2. The van der Waals surface area contributed by atoms with Crippen LogP contribution < -0.4 is 11.1 Å². The van der Waals surface area contributed by atoms with Crippen LogP contribution in [0.25, 0.3) is 0 Å². The van der Waals surface area contributed by atoms with Gasteiger partial charge in [0.1, 0.15) is 6.54 Å². The Hall–Kier alpha value is -2.27. The van der Waals surface area contributed by atoms with Crippen LogP contribution in [0.2, 0.25) is 0 Å². The number of hydrogen-bond donors (Lipinski definition) is 2. The van der Waals surface area contributed by atoms with E-state index in [1.54, 1.807) is 0 Å². The summed E-state index contributed by atoms with van der Waals surface area (Å²) in [5.41, 5.74) is 10.3. The molecule has 2 aliphatic rings. The SMILES string of the molecule is NCC(=O)Nc1cccc(CC2=NCC(=O)C3=C2CCCC3)c1. The molecule has 0 atom stereocenters. The maximum absolute atomic E-state index is 12.0. The first-order valence-corrected chi connectivity index (χ1v) is 8.05. The minimum absolute atomic E-state index is 0.0324. The summed E-state index contributed by atoms with van der Waals surface area (Å²) in [5.74, 6) is -0.0209. The molecule has 5 nitrogen and oxygen atoms in total. The number of hydrogen-bond acceptors (Lipinski definition) is 4. The lowest BCUT2D eigenvalue weighted by atomic mass is 9.83. The van der Waals surface area contributed by atoms with E-state index in [1.165, 1.54) is 0 Å². The maximum Gasteiger partial charge on any atom is 0.238 e. The van der Waals surface area contributed by atoms with Gasteiger partial charge in [-0.15, -0.1) is 0 Å². The molecule has 1 heterocycles. The van der Waals surface area contributed by atoms with Gasteiger partial charge in [0.05, 0.1) is 6.54 Å². The second kappa shape index (κ2) is 6.87. The van der Waals surface area contributed by atoms with Gasteiger partial charge in [-0.25, -0.2) is 0 Å². The van der Waals surface area contributed by atoms with Gasteiger partial charge in [-0.3, -0.25) is 14.6 Å². The van der Waals surface area contributed by atoms with Crippen LogP contribution in [0.1, 0.15) is 31.2 Å². The molecule has 1 aromatic rings. The molecule has 0 aromatic heterocycles. The van der Waals surface area contributed by atoms with Gasteiger partial charge in [0.25, 0.3) is 0 Å². The van der Waals surface area contributed by atoms with Crippen molar-refractivity contribution >= 4 is 23.1 Å². The molecule has 1 aromatic carbocycles. The minimum atomic E-state index is -0.208. The van der Waals surface area contributed by atoms with Crippen molar-refractivity contribution in [3.63, 3.8) is 0 Å². The predicted octanol–water partition coefficient (Wildman–Crippen LogP) is 2.02. The number of benzene rings is 1. The number of nitrogens with two attached hydrogens (primary N) is 1. The lowest BCUT2D eigenvalue weighted by Gasteiger charge is -2.24. The van der Waals surface area contributed by atoms with Crippen molar-refractivity contribution < 1.29 is 9.59 Å². The summed E-state index contributed by atoms with van der Waals surface area (Å²) in [4.78, 5) is 27.9. The molecule has 0 bridgehead atoms. The van der Waals surface area contributed by atoms with E-state index in [0.29, 0.717) is 6.42 Å². The summed E-state index contributed by atoms with van der Waals surface area (Å²) in [6, 6.07) is 7.70. The number of carbonyl (C=O) groups excluding carboxylic acids is 2. The third-order valence-corrected chi connectivity index (χ3v) is 4.33. The maximum atomic E-state index is 12.0. The summed E-state index contributed by atoms with van der Waals surface area (Å²) >= 11 is 0. The number of carbonyl (C=O) groups is 2. The number of amides is 1. The zero-order chi connectivity index (χ0) is 16.2. The molecular weight excluding hydrogens is 290 g/mol. The molecule has 0 unspecified atom stereocenters. The van der Waals surface area contributed by atoms with Crippen LogP contribution in [0.5, 0.6) is 0 Å². The number of dihydropyridines is 1. The number of ketones is 1. The molecule has 1 aliphatic heterocycles. The number of nitrogens with zero attached hydrogens (tertiary/aromatic N) is 1. The lowest BCUT2D eigenvalue weighted by molar-refractivity contribution is -0.115. The molecule has 120 valence electrons. The molecule has 0 saturated carbocycles. The highest BCUT2D eigenvalue weighted by molar-refractivity contribution is 6.14. The van der Waals surface area contributed by atoms with Crippen LogP contribution in [0.15, 0.2) is 40.4 Å². The third kappa shape index (κ3) is 3.56. The van der Waals surface area contributed by atoms with Gasteiger partial charge in [0.15, 0.2) is 5.78 Å². The summed E-state index contributed by atoms with van der Waals surface area (Å²) in [6.45, 7) is 0.243. The minimum Gasteiger partial charge on any atom is -0.325 e. The first-order chi connectivity index (χ1) is 11.2. The standard InChI is InChI=1S/C18H21N3O2/c19-10-18(23)21-13-5-3-4-12(8-13)9-16-14-6-1-2-7-15(14)17(22)11-20-16/h3-5,8H,1-2,6-7,9-11,19H2,(H,21,23). The Kier molecular flexibility index (Phi) is 4.67. The van der Waals surface area contributed by atoms with Crippen LogP contribution in [0, 0.1) is 0 Å². The zero-order valence-corrected chi connectivity index (χ0v) is 13.1. The summed E-state index contributed by atoms with van der Waals surface area (Å²) in [7, 11) is 0. The van der Waals surface area contributed by atoms with Gasteiger partial charge in [0, 0.05) is 23.4 Å². The van der Waals surface area contributed by atoms with Crippen molar-refractivity contribution in [2.45, 2.75) is 32.1 Å².